The van der Waals surface area contributed by atoms with Gasteiger partial charge in [-0.3, -0.25) is 10.4 Å². The quantitative estimate of drug-likeness (QED) is 0.712. The molecule has 1 aromatic heterocycles. The highest BCUT2D eigenvalue weighted by molar-refractivity contribution is 7.12. The van der Waals surface area contributed by atoms with Crippen molar-refractivity contribution in [1.82, 2.24) is 10.4 Å². The zero-order chi connectivity index (χ0) is 8.97. The second-order valence-corrected chi connectivity index (χ2v) is 3.78. The van der Waals surface area contributed by atoms with E-state index >= 15 is 0 Å². The van der Waals surface area contributed by atoms with Gasteiger partial charge in [0.2, 0.25) is 0 Å². The third kappa shape index (κ3) is 2.62. The summed E-state index contributed by atoms with van der Waals surface area (Å²) in [6.07, 6.45) is 0. The molecule has 0 aromatic carbocycles. The zero-order valence-corrected chi connectivity index (χ0v) is 7.98. The molecule has 0 unspecified atom stereocenters. The van der Waals surface area contributed by atoms with Gasteiger partial charge in [-0.25, -0.2) is 0 Å². The van der Waals surface area contributed by atoms with Gasteiger partial charge in [-0.05, 0) is 12.1 Å². The van der Waals surface area contributed by atoms with Crippen LogP contribution in [-0.2, 0) is 6.54 Å². The first-order chi connectivity index (χ1) is 5.72. The molecular formula is C8H11N3S. The third-order valence-electron chi connectivity index (χ3n) is 1.34. The van der Waals surface area contributed by atoms with E-state index in [1.807, 2.05) is 31.2 Å². The molecule has 0 aliphatic carbocycles. The molecule has 64 valence electrons. The van der Waals surface area contributed by atoms with Crippen LogP contribution in [0.3, 0.4) is 0 Å². The normalized spacial score (nSPS) is 10.2. The third-order valence-corrected chi connectivity index (χ3v) is 2.33. The van der Waals surface area contributed by atoms with Gasteiger partial charge in [0.05, 0.1) is 0 Å². The van der Waals surface area contributed by atoms with E-state index in [0.29, 0.717) is 0 Å². The van der Waals surface area contributed by atoms with Gasteiger partial charge >= 0.3 is 0 Å². The first-order valence-corrected chi connectivity index (χ1v) is 4.43. The van der Waals surface area contributed by atoms with Crippen LogP contribution in [0.4, 0.5) is 0 Å². The number of hydrogen-bond acceptors (Lipinski definition) is 4. The van der Waals surface area contributed by atoms with Crippen molar-refractivity contribution in [2.75, 3.05) is 14.1 Å². The zero-order valence-electron chi connectivity index (χ0n) is 7.16. The number of nitrogens with one attached hydrogen (secondary N) is 1. The molecule has 0 bridgehead atoms. The molecule has 0 amide bonds. The van der Waals surface area contributed by atoms with E-state index in [2.05, 4.69) is 11.5 Å². The number of nitriles is 1. The van der Waals surface area contributed by atoms with Crippen LogP contribution in [0.2, 0.25) is 0 Å². The molecule has 0 radical (unpaired) electrons. The Morgan fingerprint density at radius 2 is 2.33 bits per heavy atom. The fraction of sp³-hybridized carbons (Fsp3) is 0.375. The van der Waals surface area contributed by atoms with E-state index in [1.165, 1.54) is 16.2 Å². The van der Waals surface area contributed by atoms with Crippen molar-refractivity contribution in [2.24, 2.45) is 0 Å². The summed E-state index contributed by atoms with van der Waals surface area (Å²) in [6.45, 7) is 0.791. The fourth-order valence-corrected chi connectivity index (χ4v) is 1.51. The van der Waals surface area contributed by atoms with Gasteiger partial charge in [0.25, 0.3) is 0 Å². The SMILES string of the molecule is CN(C)NCc1ccc(C#N)s1. The molecule has 4 heteroatoms. The Morgan fingerprint density at radius 3 is 2.83 bits per heavy atom. The molecule has 3 nitrogen and oxygen atoms in total. The summed E-state index contributed by atoms with van der Waals surface area (Å²) in [6, 6.07) is 5.93. The first kappa shape index (κ1) is 9.20. The maximum atomic E-state index is 8.56. The molecular weight excluding hydrogens is 170 g/mol. The fourth-order valence-electron chi connectivity index (χ4n) is 0.769. The van der Waals surface area contributed by atoms with Crippen molar-refractivity contribution in [1.29, 1.82) is 5.26 Å². The van der Waals surface area contributed by atoms with Crippen molar-refractivity contribution in [3.8, 4) is 6.07 Å². The van der Waals surface area contributed by atoms with E-state index < -0.39 is 0 Å². The van der Waals surface area contributed by atoms with Gasteiger partial charge in [-0.1, -0.05) is 0 Å². The van der Waals surface area contributed by atoms with Crippen LogP contribution < -0.4 is 5.43 Å². The molecule has 1 N–H and O–H groups in total. The standard InChI is InChI=1S/C8H11N3S/c1-11(2)10-6-8-4-3-7(5-9)12-8/h3-4,10H,6H2,1-2H3. The van der Waals surface area contributed by atoms with Crippen LogP contribution in [0.1, 0.15) is 9.75 Å². The first-order valence-electron chi connectivity index (χ1n) is 3.62. The molecule has 1 heterocycles. The molecule has 0 aliphatic heterocycles. The van der Waals surface area contributed by atoms with Gasteiger partial charge in [-0.2, -0.15) is 5.26 Å². The maximum Gasteiger partial charge on any atom is 0.110 e. The largest absolute Gasteiger partial charge is 0.250 e. The lowest BCUT2D eigenvalue weighted by molar-refractivity contribution is 0.287. The molecule has 1 rings (SSSR count). The highest BCUT2D eigenvalue weighted by Crippen LogP contribution is 2.14. The number of nitrogens with zero attached hydrogens (tertiary/aromatic N) is 2. The number of rotatable bonds is 3. The van der Waals surface area contributed by atoms with Gasteiger partial charge in [0, 0.05) is 25.5 Å². The van der Waals surface area contributed by atoms with Crippen LogP contribution in [0, 0.1) is 11.3 Å². The Bertz CT molecular complexity index is 285. The number of thiophene rings is 1. The Hall–Kier alpha value is -0.890. The van der Waals surface area contributed by atoms with Crippen LogP contribution in [0.15, 0.2) is 12.1 Å². The van der Waals surface area contributed by atoms with Crippen molar-refractivity contribution in [2.45, 2.75) is 6.54 Å². The lowest BCUT2D eigenvalue weighted by Crippen LogP contribution is -2.29. The molecule has 0 spiro atoms. The summed E-state index contributed by atoms with van der Waals surface area (Å²) >= 11 is 1.52. The van der Waals surface area contributed by atoms with Crippen molar-refractivity contribution >= 4 is 11.3 Å². The van der Waals surface area contributed by atoms with Crippen LogP contribution >= 0.6 is 11.3 Å². The second kappa shape index (κ2) is 4.21. The van der Waals surface area contributed by atoms with Gasteiger partial charge in [0.15, 0.2) is 0 Å². The summed E-state index contributed by atoms with van der Waals surface area (Å²) < 4.78 is 0. The predicted molar refractivity (Wildman–Crippen MR) is 49.6 cm³/mol. The van der Waals surface area contributed by atoms with Gasteiger partial charge in [0.1, 0.15) is 10.9 Å². The molecule has 0 aliphatic rings. The predicted octanol–water partition coefficient (Wildman–Crippen LogP) is 1.19. The highest BCUT2D eigenvalue weighted by atomic mass is 32.1. The van der Waals surface area contributed by atoms with E-state index in [9.17, 15) is 0 Å². The minimum absolute atomic E-state index is 0.769. The lowest BCUT2D eigenvalue weighted by Gasteiger charge is -2.09. The van der Waals surface area contributed by atoms with Crippen molar-refractivity contribution in [3.05, 3.63) is 21.9 Å². The minimum Gasteiger partial charge on any atom is -0.250 e. The molecule has 0 saturated heterocycles. The van der Waals surface area contributed by atoms with E-state index in [1.54, 1.807) is 0 Å². The lowest BCUT2D eigenvalue weighted by atomic mass is 10.4. The number of hydrogen-bond donors (Lipinski definition) is 1. The highest BCUT2D eigenvalue weighted by Gasteiger charge is 1.98. The van der Waals surface area contributed by atoms with E-state index in [0.717, 1.165) is 11.4 Å². The average molecular weight is 181 g/mol. The Balaban J connectivity index is 2.48. The topological polar surface area (TPSA) is 39.1 Å². The molecule has 0 fully saturated rings. The Kier molecular flexibility index (Phi) is 3.23. The Morgan fingerprint density at radius 1 is 1.58 bits per heavy atom. The van der Waals surface area contributed by atoms with Gasteiger partial charge < -0.3 is 0 Å². The molecule has 1 aromatic rings. The van der Waals surface area contributed by atoms with Crippen molar-refractivity contribution in [3.63, 3.8) is 0 Å². The van der Waals surface area contributed by atoms with Crippen molar-refractivity contribution < 1.29 is 0 Å². The maximum absolute atomic E-state index is 8.56. The summed E-state index contributed by atoms with van der Waals surface area (Å²) in [5.41, 5.74) is 3.13. The number of hydrazine groups is 1. The van der Waals surface area contributed by atoms with Crippen LogP contribution in [-0.4, -0.2) is 19.1 Å². The van der Waals surface area contributed by atoms with Crippen LogP contribution in [0.5, 0.6) is 0 Å². The molecule has 0 atom stereocenters. The van der Waals surface area contributed by atoms with E-state index in [-0.39, 0.29) is 0 Å². The summed E-state index contributed by atoms with van der Waals surface area (Å²) in [7, 11) is 3.89. The summed E-state index contributed by atoms with van der Waals surface area (Å²) in [5, 5.41) is 10.5. The summed E-state index contributed by atoms with van der Waals surface area (Å²) in [4.78, 5) is 1.95. The molecule has 0 saturated carbocycles. The molecule has 12 heavy (non-hydrogen) atoms. The summed E-state index contributed by atoms with van der Waals surface area (Å²) in [5.74, 6) is 0. The van der Waals surface area contributed by atoms with Crippen LogP contribution in [0.25, 0.3) is 0 Å². The second-order valence-electron chi connectivity index (χ2n) is 2.61. The smallest absolute Gasteiger partial charge is 0.110 e. The van der Waals surface area contributed by atoms with Gasteiger partial charge in [-0.15, -0.1) is 11.3 Å². The minimum atomic E-state index is 0.769. The average Bonchev–Trinajstić information content (AvgIpc) is 2.48. The monoisotopic (exact) mass is 181 g/mol. The van der Waals surface area contributed by atoms with E-state index in [4.69, 9.17) is 5.26 Å². The Labute approximate surface area is 76.2 Å².